The van der Waals surface area contributed by atoms with Crippen molar-refractivity contribution in [3.63, 3.8) is 0 Å². The second-order valence-electron chi connectivity index (χ2n) is 3.82. The van der Waals surface area contributed by atoms with Crippen LogP contribution in [0.4, 0.5) is 0 Å². The minimum atomic E-state index is -1.14. The van der Waals surface area contributed by atoms with E-state index in [0.717, 1.165) is 16.9 Å². The van der Waals surface area contributed by atoms with Gasteiger partial charge in [0.1, 0.15) is 0 Å². The number of hydrogen-bond donors (Lipinski definition) is 2. The highest BCUT2D eigenvalue weighted by Crippen LogP contribution is 2.14. The van der Waals surface area contributed by atoms with E-state index in [9.17, 15) is 9.59 Å². The molecule has 6 nitrogen and oxygen atoms in total. The molecule has 0 aliphatic rings. The smallest absolute Gasteiger partial charge is 0.355 e. The molecule has 7 heteroatoms. The predicted molar refractivity (Wildman–Crippen MR) is 69.2 cm³/mol. The Hall–Kier alpha value is -2.28. The summed E-state index contributed by atoms with van der Waals surface area (Å²) in [5, 5.41) is 13.0. The fourth-order valence-corrected chi connectivity index (χ4v) is 2.16. The van der Waals surface area contributed by atoms with Gasteiger partial charge < -0.3 is 10.4 Å². The summed E-state index contributed by atoms with van der Waals surface area (Å²) in [5.74, 6) is -1.53. The van der Waals surface area contributed by atoms with Crippen LogP contribution in [0.15, 0.2) is 29.9 Å². The van der Waals surface area contributed by atoms with Crippen LogP contribution >= 0.6 is 11.3 Å². The van der Waals surface area contributed by atoms with Crippen LogP contribution < -0.4 is 5.32 Å². The number of rotatable bonds is 4. The molecule has 1 atom stereocenters. The quantitative estimate of drug-likeness (QED) is 0.887. The van der Waals surface area contributed by atoms with E-state index in [1.807, 2.05) is 6.92 Å². The van der Waals surface area contributed by atoms with Crippen molar-refractivity contribution in [3.8, 4) is 0 Å². The number of nitrogens with zero attached hydrogens (tertiary/aromatic N) is 2. The maximum Gasteiger partial charge on any atom is 0.355 e. The summed E-state index contributed by atoms with van der Waals surface area (Å²) in [4.78, 5) is 30.2. The molecular weight excluding hydrogens is 266 g/mol. The third-order valence-electron chi connectivity index (χ3n) is 2.47. The van der Waals surface area contributed by atoms with Crippen molar-refractivity contribution >= 4 is 23.2 Å². The lowest BCUT2D eigenvalue weighted by Crippen LogP contribution is -2.26. The van der Waals surface area contributed by atoms with Crippen LogP contribution in [-0.4, -0.2) is 27.0 Å². The fourth-order valence-electron chi connectivity index (χ4n) is 1.47. The highest BCUT2D eigenvalue weighted by atomic mass is 32.1. The van der Waals surface area contributed by atoms with E-state index in [4.69, 9.17) is 5.11 Å². The first-order valence-electron chi connectivity index (χ1n) is 5.47. The zero-order valence-corrected chi connectivity index (χ0v) is 10.8. The molecular formula is C12H11N3O3S. The largest absolute Gasteiger partial charge is 0.476 e. The van der Waals surface area contributed by atoms with Crippen LogP contribution in [0.25, 0.3) is 0 Å². The summed E-state index contributed by atoms with van der Waals surface area (Å²) in [5.41, 5.74) is 0.796. The second kappa shape index (κ2) is 5.57. The van der Waals surface area contributed by atoms with Gasteiger partial charge in [-0.25, -0.2) is 9.78 Å². The Morgan fingerprint density at radius 1 is 1.37 bits per heavy atom. The molecule has 2 aromatic rings. The molecule has 2 rings (SSSR count). The molecule has 0 saturated heterocycles. The molecule has 0 saturated carbocycles. The number of aromatic carboxylic acids is 1. The number of nitrogens with one attached hydrogen (secondary N) is 1. The third kappa shape index (κ3) is 3.14. The number of hydrogen-bond acceptors (Lipinski definition) is 5. The fraction of sp³-hybridized carbons (Fsp3) is 0.167. The highest BCUT2D eigenvalue weighted by Gasteiger charge is 2.16. The van der Waals surface area contributed by atoms with E-state index < -0.39 is 5.97 Å². The lowest BCUT2D eigenvalue weighted by molar-refractivity contribution is 0.0691. The molecule has 2 aromatic heterocycles. The predicted octanol–water partition coefficient (Wildman–Crippen LogP) is 1.73. The number of pyridine rings is 1. The number of carbonyl (C=O) groups is 2. The van der Waals surface area contributed by atoms with Gasteiger partial charge in [0.15, 0.2) is 10.7 Å². The van der Waals surface area contributed by atoms with Crippen LogP contribution in [0.2, 0.25) is 0 Å². The zero-order chi connectivity index (χ0) is 13.8. The first-order valence-corrected chi connectivity index (χ1v) is 6.35. The molecule has 19 heavy (non-hydrogen) atoms. The number of amides is 1. The lowest BCUT2D eigenvalue weighted by atomic mass is 10.1. The Balaban J connectivity index is 2.06. The van der Waals surface area contributed by atoms with Crippen molar-refractivity contribution in [2.75, 3.05) is 0 Å². The van der Waals surface area contributed by atoms with Gasteiger partial charge in [-0.05, 0) is 24.6 Å². The molecule has 0 spiro atoms. The normalized spacial score (nSPS) is 11.8. The van der Waals surface area contributed by atoms with Crippen molar-refractivity contribution in [1.82, 2.24) is 15.3 Å². The van der Waals surface area contributed by atoms with E-state index in [1.54, 1.807) is 24.5 Å². The Morgan fingerprint density at radius 3 is 2.63 bits per heavy atom. The van der Waals surface area contributed by atoms with Gasteiger partial charge in [-0.15, -0.1) is 11.3 Å². The van der Waals surface area contributed by atoms with Crippen molar-refractivity contribution in [2.45, 2.75) is 13.0 Å². The van der Waals surface area contributed by atoms with E-state index in [1.165, 1.54) is 5.38 Å². The van der Waals surface area contributed by atoms with E-state index >= 15 is 0 Å². The highest BCUT2D eigenvalue weighted by molar-refractivity contribution is 7.11. The van der Waals surface area contributed by atoms with Crippen LogP contribution in [0, 0.1) is 0 Å². The van der Waals surface area contributed by atoms with Gasteiger partial charge >= 0.3 is 5.97 Å². The first kappa shape index (κ1) is 13.2. The summed E-state index contributed by atoms with van der Waals surface area (Å²) < 4.78 is 0. The summed E-state index contributed by atoms with van der Waals surface area (Å²) in [6.45, 7) is 1.83. The number of carboxylic acids is 1. The first-order chi connectivity index (χ1) is 9.08. The molecule has 0 radical (unpaired) electrons. The van der Waals surface area contributed by atoms with Crippen LogP contribution in [0.3, 0.4) is 0 Å². The summed E-state index contributed by atoms with van der Waals surface area (Å²) >= 11 is 1.01. The second-order valence-corrected chi connectivity index (χ2v) is 4.68. The maximum absolute atomic E-state index is 11.9. The third-order valence-corrected chi connectivity index (χ3v) is 3.31. The molecule has 98 valence electrons. The number of thiazole rings is 1. The monoisotopic (exact) mass is 277 g/mol. The van der Waals surface area contributed by atoms with Gasteiger partial charge in [0, 0.05) is 17.8 Å². The minimum absolute atomic E-state index is 0.119. The van der Waals surface area contributed by atoms with Gasteiger partial charge in [-0.2, -0.15) is 0 Å². The minimum Gasteiger partial charge on any atom is -0.476 e. The topological polar surface area (TPSA) is 92.2 Å². The molecule has 2 heterocycles. The Morgan fingerprint density at radius 2 is 2.05 bits per heavy atom. The molecule has 0 aliphatic carbocycles. The Bertz CT molecular complexity index is 597. The van der Waals surface area contributed by atoms with Crippen molar-refractivity contribution in [1.29, 1.82) is 0 Å². The number of carboxylic acid groups (broad SMARTS) is 1. The summed E-state index contributed by atoms with van der Waals surface area (Å²) in [7, 11) is 0. The number of carbonyl (C=O) groups excluding carboxylic acids is 1. The number of aromatic nitrogens is 2. The summed E-state index contributed by atoms with van der Waals surface area (Å²) in [6.07, 6.45) is 3.29. The van der Waals surface area contributed by atoms with Crippen LogP contribution in [0.1, 0.15) is 38.8 Å². The van der Waals surface area contributed by atoms with Gasteiger partial charge in [0.2, 0.25) is 0 Å². The van der Waals surface area contributed by atoms with E-state index in [0.29, 0.717) is 0 Å². The van der Waals surface area contributed by atoms with E-state index in [-0.39, 0.29) is 22.7 Å². The SMILES string of the molecule is CC(NC(=O)c1nc(C(=O)O)cs1)c1ccncc1. The van der Waals surface area contributed by atoms with Crippen LogP contribution in [0.5, 0.6) is 0 Å². The van der Waals surface area contributed by atoms with Crippen molar-refractivity contribution in [3.05, 3.63) is 46.2 Å². The van der Waals surface area contributed by atoms with E-state index in [2.05, 4.69) is 15.3 Å². The summed E-state index contributed by atoms with van der Waals surface area (Å²) in [6, 6.07) is 3.40. The van der Waals surface area contributed by atoms with Gasteiger partial charge in [0.05, 0.1) is 6.04 Å². The standard InChI is InChI=1S/C12H11N3O3S/c1-7(8-2-4-13-5-3-8)14-10(16)11-15-9(6-19-11)12(17)18/h2-7H,1H3,(H,14,16)(H,17,18). The maximum atomic E-state index is 11.9. The van der Waals surface area contributed by atoms with Crippen molar-refractivity contribution < 1.29 is 14.7 Å². The molecule has 1 amide bonds. The van der Waals surface area contributed by atoms with Gasteiger partial charge in [-0.1, -0.05) is 0 Å². The molecule has 0 bridgehead atoms. The molecule has 0 fully saturated rings. The average Bonchev–Trinajstić information content (AvgIpc) is 2.89. The van der Waals surface area contributed by atoms with Crippen LogP contribution in [-0.2, 0) is 0 Å². The van der Waals surface area contributed by atoms with Crippen molar-refractivity contribution in [2.24, 2.45) is 0 Å². The van der Waals surface area contributed by atoms with Gasteiger partial charge in [0.25, 0.3) is 5.91 Å². The van der Waals surface area contributed by atoms with Gasteiger partial charge in [-0.3, -0.25) is 9.78 Å². The average molecular weight is 277 g/mol. The molecule has 0 aliphatic heterocycles. The lowest BCUT2D eigenvalue weighted by Gasteiger charge is -2.12. The molecule has 2 N–H and O–H groups in total. The Labute approximate surface area is 113 Å². The molecule has 0 aromatic carbocycles. The zero-order valence-electron chi connectivity index (χ0n) is 10.0. The molecule has 1 unspecified atom stereocenters. The Kier molecular flexibility index (Phi) is 3.86.